The Morgan fingerprint density at radius 2 is 2.20 bits per heavy atom. The molecular formula is C17H23N3O4S. The van der Waals surface area contributed by atoms with Gasteiger partial charge in [-0.15, -0.1) is 0 Å². The molecule has 0 radical (unpaired) electrons. The number of nitrogens with one attached hydrogen (secondary N) is 1. The van der Waals surface area contributed by atoms with Crippen molar-refractivity contribution in [2.45, 2.75) is 13.0 Å². The van der Waals surface area contributed by atoms with Gasteiger partial charge in [0, 0.05) is 32.4 Å². The first kappa shape index (κ1) is 17.9. The molecule has 1 saturated heterocycles. The molecular weight excluding hydrogens is 342 g/mol. The number of rotatable bonds is 5. The first-order chi connectivity index (χ1) is 12.1. The maximum atomic E-state index is 12.7. The fourth-order valence-electron chi connectivity index (χ4n) is 3.06. The molecule has 2 aliphatic rings. The van der Waals surface area contributed by atoms with Crippen LogP contribution in [0, 0.1) is 0 Å². The fraction of sp³-hybridized carbons (Fsp3) is 0.529. The molecule has 7 nitrogen and oxygen atoms in total. The topological polar surface area (TPSA) is 71.1 Å². The number of carbonyl (C=O) groups is 2. The monoisotopic (exact) mass is 365 g/mol. The maximum absolute atomic E-state index is 12.7. The lowest BCUT2D eigenvalue weighted by Crippen LogP contribution is -2.50. The number of amides is 2. The molecule has 0 bridgehead atoms. The molecule has 0 spiro atoms. The van der Waals surface area contributed by atoms with Gasteiger partial charge in [0.15, 0.2) is 0 Å². The summed E-state index contributed by atoms with van der Waals surface area (Å²) in [6.45, 7) is 5.46. The van der Waals surface area contributed by atoms with Crippen LogP contribution in [0.2, 0.25) is 0 Å². The largest absolute Gasteiger partial charge is 0.463 e. The lowest BCUT2D eigenvalue weighted by molar-refractivity contribution is -0.139. The Morgan fingerprint density at radius 1 is 1.44 bits per heavy atom. The van der Waals surface area contributed by atoms with Crippen molar-refractivity contribution in [1.29, 1.82) is 0 Å². The van der Waals surface area contributed by atoms with Gasteiger partial charge in [-0.1, -0.05) is 0 Å². The first-order valence-electron chi connectivity index (χ1n) is 8.38. The predicted molar refractivity (Wildman–Crippen MR) is 94.3 cm³/mol. The van der Waals surface area contributed by atoms with Crippen molar-refractivity contribution in [3.8, 4) is 0 Å². The van der Waals surface area contributed by atoms with Gasteiger partial charge in [0.25, 0.3) is 0 Å². The Morgan fingerprint density at radius 3 is 2.84 bits per heavy atom. The van der Waals surface area contributed by atoms with Crippen molar-refractivity contribution >= 4 is 23.3 Å². The van der Waals surface area contributed by atoms with Crippen LogP contribution in [0.5, 0.6) is 0 Å². The third-order valence-corrected chi connectivity index (χ3v) is 5.13. The fourth-order valence-corrected chi connectivity index (χ4v) is 3.74. The number of morpholine rings is 1. The highest BCUT2D eigenvalue weighted by Gasteiger charge is 2.37. The van der Waals surface area contributed by atoms with E-state index in [-0.39, 0.29) is 12.0 Å². The van der Waals surface area contributed by atoms with E-state index in [4.69, 9.17) is 9.47 Å². The second kappa shape index (κ2) is 7.99. The summed E-state index contributed by atoms with van der Waals surface area (Å²) in [4.78, 5) is 28.9. The maximum Gasteiger partial charge on any atom is 0.338 e. The van der Waals surface area contributed by atoms with E-state index in [1.54, 1.807) is 14.0 Å². The van der Waals surface area contributed by atoms with Crippen molar-refractivity contribution in [1.82, 2.24) is 15.1 Å². The molecule has 2 amide bonds. The molecule has 25 heavy (non-hydrogen) atoms. The highest BCUT2D eigenvalue weighted by atomic mass is 32.1. The number of thiophene rings is 1. The van der Waals surface area contributed by atoms with Gasteiger partial charge in [-0.2, -0.15) is 11.3 Å². The second-order valence-corrected chi connectivity index (χ2v) is 6.75. The van der Waals surface area contributed by atoms with Crippen LogP contribution in [-0.2, 0) is 14.3 Å². The number of carbonyl (C=O) groups excluding carboxylic acids is 2. The van der Waals surface area contributed by atoms with E-state index in [1.807, 2.05) is 16.8 Å². The van der Waals surface area contributed by atoms with Crippen LogP contribution in [0.25, 0.3) is 0 Å². The van der Waals surface area contributed by atoms with Crippen LogP contribution in [0.1, 0.15) is 18.5 Å². The standard InChI is InChI=1S/C17H23N3O4S/c1-3-24-16(21)14-13(10-20-5-7-23-8-6-20)19(2)17(22)18-15(14)12-4-9-25-11-12/h4,9,11,15H,3,5-8,10H2,1-2H3,(H,18,22). The van der Waals surface area contributed by atoms with Gasteiger partial charge in [0.2, 0.25) is 0 Å². The van der Waals surface area contributed by atoms with E-state index in [1.165, 1.54) is 16.2 Å². The van der Waals surface area contributed by atoms with E-state index < -0.39 is 6.04 Å². The Labute approximate surface area is 151 Å². The normalized spacial score (nSPS) is 22.1. The third kappa shape index (κ3) is 3.86. The molecule has 3 heterocycles. The average Bonchev–Trinajstić information content (AvgIpc) is 3.14. The summed E-state index contributed by atoms with van der Waals surface area (Å²) in [5, 5.41) is 6.80. The van der Waals surface area contributed by atoms with E-state index in [2.05, 4.69) is 10.2 Å². The molecule has 136 valence electrons. The first-order valence-corrected chi connectivity index (χ1v) is 9.32. The highest BCUT2D eigenvalue weighted by Crippen LogP contribution is 2.32. The minimum atomic E-state index is -0.481. The SMILES string of the molecule is CCOC(=O)C1=C(CN2CCOCC2)N(C)C(=O)NC1c1ccsc1. The van der Waals surface area contributed by atoms with E-state index >= 15 is 0 Å². The van der Waals surface area contributed by atoms with Gasteiger partial charge in [0.05, 0.1) is 31.4 Å². The van der Waals surface area contributed by atoms with E-state index in [0.29, 0.717) is 37.6 Å². The van der Waals surface area contributed by atoms with Gasteiger partial charge in [-0.3, -0.25) is 9.80 Å². The second-order valence-electron chi connectivity index (χ2n) is 5.97. The number of likely N-dealkylation sites (N-methyl/N-ethyl adjacent to an activating group) is 1. The average molecular weight is 365 g/mol. The Bertz CT molecular complexity index is 653. The molecule has 2 aliphatic heterocycles. The summed E-state index contributed by atoms with van der Waals surface area (Å²) in [5.41, 5.74) is 2.10. The number of nitrogens with zero attached hydrogens (tertiary/aromatic N) is 2. The number of hydrogen-bond donors (Lipinski definition) is 1. The van der Waals surface area contributed by atoms with Crippen molar-refractivity contribution in [3.05, 3.63) is 33.7 Å². The zero-order valence-corrected chi connectivity index (χ0v) is 15.3. The molecule has 1 atom stereocenters. The summed E-state index contributed by atoms with van der Waals surface area (Å²) >= 11 is 1.53. The minimum Gasteiger partial charge on any atom is -0.463 e. The van der Waals surface area contributed by atoms with Gasteiger partial charge >= 0.3 is 12.0 Å². The summed E-state index contributed by atoms with van der Waals surface area (Å²) < 4.78 is 10.7. The zero-order valence-electron chi connectivity index (χ0n) is 14.5. The number of ether oxygens (including phenoxy) is 2. The molecule has 0 aromatic carbocycles. The highest BCUT2D eigenvalue weighted by molar-refractivity contribution is 7.08. The molecule has 1 fully saturated rings. The van der Waals surface area contributed by atoms with Crippen molar-refractivity contribution < 1.29 is 19.1 Å². The lowest BCUT2D eigenvalue weighted by Gasteiger charge is -2.37. The van der Waals surface area contributed by atoms with Crippen LogP contribution in [0.15, 0.2) is 28.1 Å². The summed E-state index contributed by atoms with van der Waals surface area (Å²) in [6.07, 6.45) is 0. The zero-order chi connectivity index (χ0) is 17.8. The molecule has 8 heteroatoms. The predicted octanol–water partition coefficient (Wildman–Crippen LogP) is 1.59. The van der Waals surface area contributed by atoms with Crippen LogP contribution in [0.3, 0.4) is 0 Å². The number of hydrogen-bond acceptors (Lipinski definition) is 6. The Balaban J connectivity index is 2.00. The third-order valence-electron chi connectivity index (χ3n) is 4.43. The number of esters is 1. The summed E-state index contributed by atoms with van der Waals surface area (Å²) in [5.74, 6) is -0.381. The van der Waals surface area contributed by atoms with Crippen LogP contribution >= 0.6 is 11.3 Å². The molecule has 0 aliphatic carbocycles. The Hall–Kier alpha value is -1.90. The van der Waals surface area contributed by atoms with E-state index in [0.717, 1.165) is 18.7 Å². The van der Waals surface area contributed by atoms with Crippen LogP contribution in [-0.4, -0.2) is 68.3 Å². The van der Waals surface area contributed by atoms with Crippen molar-refractivity contribution in [2.24, 2.45) is 0 Å². The molecule has 1 aromatic rings. The lowest BCUT2D eigenvalue weighted by atomic mass is 9.96. The minimum absolute atomic E-state index is 0.215. The molecule has 0 saturated carbocycles. The molecule has 1 N–H and O–H groups in total. The Kier molecular flexibility index (Phi) is 5.72. The van der Waals surface area contributed by atoms with Gasteiger partial charge in [-0.25, -0.2) is 9.59 Å². The smallest absolute Gasteiger partial charge is 0.338 e. The van der Waals surface area contributed by atoms with Crippen LogP contribution < -0.4 is 5.32 Å². The van der Waals surface area contributed by atoms with Crippen LogP contribution in [0.4, 0.5) is 4.79 Å². The summed E-state index contributed by atoms with van der Waals surface area (Å²) in [6, 6.07) is 1.23. The van der Waals surface area contributed by atoms with Gasteiger partial charge < -0.3 is 14.8 Å². The van der Waals surface area contributed by atoms with Gasteiger partial charge in [0.1, 0.15) is 0 Å². The molecule has 1 aromatic heterocycles. The van der Waals surface area contributed by atoms with Gasteiger partial charge in [-0.05, 0) is 29.3 Å². The molecule has 1 unspecified atom stereocenters. The quantitative estimate of drug-likeness (QED) is 0.803. The van der Waals surface area contributed by atoms with Crippen molar-refractivity contribution in [2.75, 3.05) is 46.5 Å². The number of urea groups is 1. The summed E-state index contributed by atoms with van der Waals surface area (Å²) in [7, 11) is 1.69. The van der Waals surface area contributed by atoms with Crippen molar-refractivity contribution in [3.63, 3.8) is 0 Å². The van der Waals surface area contributed by atoms with E-state index in [9.17, 15) is 9.59 Å². The molecule has 3 rings (SSSR count).